The molecule has 2 heterocycles. The number of aromatic nitrogens is 1. The number of amides is 1. The molecule has 0 radical (unpaired) electrons. The van der Waals surface area contributed by atoms with Crippen LogP contribution in [0.25, 0.3) is 10.2 Å². The molecular weight excluding hydrogens is 432 g/mol. The minimum absolute atomic E-state index is 0.0641. The molecule has 0 N–H and O–H groups in total. The molecule has 2 aromatic carbocycles. The van der Waals surface area contributed by atoms with Gasteiger partial charge >= 0.3 is 0 Å². The summed E-state index contributed by atoms with van der Waals surface area (Å²) in [5.74, 6) is -0.429. The van der Waals surface area contributed by atoms with Crippen molar-refractivity contribution in [2.24, 2.45) is 0 Å². The van der Waals surface area contributed by atoms with Gasteiger partial charge in [0.05, 0.1) is 39.1 Å². The van der Waals surface area contributed by atoms with E-state index in [1.165, 1.54) is 23.0 Å². The zero-order valence-corrected chi connectivity index (χ0v) is 19.3. The smallest absolute Gasteiger partial charge is 0.261 e. The molecule has 0 bridgehead atoms. The molecule has 1 aliphatic rings. The van der Waals surface area contributed by atoms with Gasteiger partial charge in [0.2, 0.25) is 0 Å². The lowest BCUT2D eigenvalue weighted by Gasteiger charge is -2.24. The minimum atomic E-state index is -3.55. The fourth-order valence-corrected chi connectivity index (χ4v) is 5.87. The van der Waals surface area contributed by atoms with Crippen LogP contribution in [0.5, 0.6) is 0 Å². The van der Waals surface area contributed by atoms with Gasteiger partial charge < -0.3 is 4.74 Å². The van der Waals surface area contributed by atoms with E-state index in [1.54, 1.807) is 30.0 Å². The highest BCUT2D eigenvalue weighted by Gasteiger charge is 2.30. The summed E-state index contributed by atoms with van der Waals surface area (Å²) >= 11 is 1.45. The molecule has 1 amide bonds. The first-order chi connectivity index (χ1) is 14.9. The van der Waals surface area contributed by atoms with Crippen LogP contribution in [0.3, 0.4) is 0 Å². The van der Waals surface area contributed by atoms with Crippen molar-refractivity contribution in [2.75, 3.05) is 23.8 Å². The number of fused-ring (bicyclic) bond motifs is 1. The van der Waals surface area contributed by atoms with E-state index in [0.717, 1.165) is 29.5 Å². The van der Waals surface area contributed by atoms with Gasteiger partial charge in [0, 0.05) is 6.61 Å². The number of carbonyl (C=O) groups is 1. The quantitative estimate of drug-likeness (QED) is 0.522. The molecule has 3 aromatic rings. The van der Waals surface area contributed by atoms with Gasteiger partial charge in [-0.15, -0.1) is 0 Å². The number of ether oxygens (including phenoxy) is 1. The van der Waals surface area contributed by atoms with Crippen LogP contribution in [0.4, 0.5) is 5.13 Å². The standard InChI is InChI=1S/C23H26N2O4S2/c1-3-16-11-12-19-20(14-16)30-23(24-19)25(15-17-8-7-13-29-17)22(26)18-9-5-6-10-21(18)31(27,28)4-2/h5-6,9-12,14,17H,3-4,7-8,13,15H2,1-2H3. The summed E-state index contributed by atoms with van der Waals surface area (Å²) in [7, 11) is -3.55. The molecule has 1 saturated heterocycles. The highest BCUT2D eigenvalue weighted by Crippen LogP contribution is 2.32. The van der Waals surface area contributed by atoms with Crippen LogP contribution in [0, 0.1) is 0 Å². The lowest BCUT2D eigenvalue weighted by Crippen LogP contribution is -2.38. The Balaban J connectivity index is 1.78. The molecule has 4 rings (SSSR count). The number of aryl methyl sites for hydroxylation is 1. The monoisotopic (exact) mass is 458 g/mol. The second-order valence-corrected chi connectivity index (χ2v) is 10.9. The molecule has 6 nitrogen and oxygen atoms in total. The summed E-state index contributed by atoms with van der Waals surface area (Å²) in [6, 6.07) is 12.5. The summed E-state index contributed by atoms with van der Waals surface area (Å²) in [6.07, 6.45) is 2.65. The third-order valence-corrected chi connectivity index (χ3v) is 8.40. The molecule has 164 valence electrons. The molecule has 1 aliphatic heterocycles. The van der Waals surface area contributed by atoms with Crippen LogP contribution in [0.2, 0.25) is 0 Å². The molecule has 1 atom stereocenters. The van der Waals surface area contributed by atoms with Crippen molar-refractivity contribution in [1.29, 1.82) is 0 Å². The molecule has 1 unspecified atom stereocenters. The Morgan fingerprint density at radius 3 is 2.74 bits per heavy atom. The number of carbonyl (C=O) groups excluding carboxylic acids is 1. The molecular formula is C23H26N2O4S2. The van der Waals surface area contributed by atoms with E-state index in [2.05, 4.69) is 13.0 Å². The van der Waals surface area contributed by atoms with E-state index in [4.69, 9.17) is 9.72 Å². The van der Waals surface area contributed by atoms with Crippen LogP contribution >= 0.6 is 11.3 Å². The maximum atomic E-state index is 13.7. The van der Waals surface area contributed by atoms with Crippen molar-refractivity contribution in [3.05, 3.63) is 53.6 Å². The Hall–Kier alpha value is -2.29. The Labute approximate surface area is 186 Å². The van der Waals surface area contributed by atoms with Gasteiger partial charge in [0.1, 0.15) is 0 Å². The zero-order chi connectivity index (χ0) is 22.0. The van der Waals surface area contributed by atoms with Crippen molar-refractivity contribution in [3.8, 4) is 0 Å². The highest BCUT2D eigenvalue weighted by atomic mass is 32.2. The van der Waals surface area contributed by atoms with Crippen LogP contribution in [-0.2, 0) is 21.0 Å². The van der Waals surface area contributed by atoms with Gasteiger partial charge in [-0.25, -0.2) is 13.4 Å². The average molecular weight is 459 g/mol. The van der Waals surface area contributed by atoms with Gasteiger partial charge in [-0.2, -0.15) is 0 Å². The van der Waals surface area contributed by atoms with E-state index < -0.39 is 9.84 Å². The Morgan fingerprint density at radius 2 is 2.03 bits per heavy atom. The van der Waals surface area contributed by atoms with Gasteiger partial charge in [0.15, 0.2) is 15.0 Å². The molecule has 1 aromatic heterocycles. The summed E-state index contributed by atoms with van der Waals surface area (Å²) in [5.41, 5.74) is 2.21. The molecule has 8 heteroatoms. The second kappa shape index (κ2) is 9.06. The van der Waals surface area contributed by atoms with E-state index >= 15 is 0 Å². The first-order valence-corrected chi connectivity index (χ1v) is 13.0. The molecule has 0 saturated carbocycles. The third-order valence-electron chi connectivity index (χ3n) is 5.57. The Morgan fingerprint density at radius 1 is 1.23 bits per heavy atom. The number of thiazole rings is 1. The number of rotatable bonds is 7. The lowest BCUT2D eigenvalue weighted by atomic mass is 10.1. The van der Waals surface area contributed by atoms with E-state index in [1.807, 2.05) is 12.1 Å². The van der Waals surface area contributed by atoms with Crippen LogP contribution in [-0.4, -0.2) is 44.3 Å². The number of nitrogens with zero attached hydrogens (tertiary/aromatic N) is 2. The van der Waals surface area contributed by atoms with Gasteiger partial charge in [-0.1, -0.05) is 43.4 Å². The number of hydrogen-bond acceptors (Lipinski definition) is 6. The highest BCUT2D eigenvalue weighted by molar-refractivity contribution is 7.91. The van der Waals surface area contributed by atoms with Crippen LogP contribution in [0.15, 0.2) is 47.4 Å². The third kappa shape index (κ3) is 4.51. The van der Waals surface area contributed by atoms with E-state index in [0.29, 0.717) is 18.3 Å². The summed E-state index contributed by atoms with van der Waals surface area (Å²) in [5, 5.41) is 0.562. The van der Waals surface area contributed by atoms with E-state index in [9.17, 15) is 13.2 Å². The fourth-order valence-electron chi connectivity index (χ4n) is 3.75. The van der Waals surface area contributed by atoms with Crippen molar-refractivity contribution >= 4 is 42.4 Å². The van der Waals surface area contributed by atoms with Crippen molar-refractivity contribution in [1.82, 2.24) is 4.98 Å². The number of benzene rings is 2. The first-order valence-electron chi connectivity index (χ1n) is 10.6. The normalized spacial score (nSPS) is 16.6. The first kappa shape index (κ1) is 21.9. The Bertz CT molecular complexity index is 1200. The largest absolute Gasteiger partial charge is 0.376 e. The molecule has 0 spiro atoms. The van der Waals surface area contributed by atoms with Crippen molar-refractivity contribution < 1.29 is 17.9 Å². The zero-order valence-electron chi connectivity index (χ0n) is 17.7. The summed E-state index contributed by atoms with van der Waals surface area (Å²) < 4.78 is 32.1. The Kier molecular flexibility index (Phi) is 6.41. The molecule has 31 heavy (non-hydrogen) atoms. The van der Waals surface area contributed by atoms with Crippen molar-refractivity contribution in [3.63, 3.8) is 0 Å². The summed E-state index contributed by atoms with van der Waals surface area (Å²) in [6.45, 7) is 4.70. The second-order valence-electron chi connectivity index (χ2n) is 7.60. The van der Waals surface area contributed by atoms with Gasteiger partial charge in [0.25, 0.3) is 5.91 Å². The molecule has 1 fully saturated rings. The lowest BCUT2D eigenvalue weighted by molar-refractivity contribution is 0.0915. The fraction of sp³-hybridized carbons (Fsp3) is 0.391. The van der Waals surface area contributed by atoms with Crippen LogP contribution in [0.1, 0.15) is 42.6 Å². The van der Waals surface area contributed by atoms with Crippen LogP contribution < -0.4 is 4.90 Å². The maximum Gasteiger partial charge on any atom is 0.261 e. The number of sulfone groups is 1. The predicted octanol–water partition coefficient (Wildman–Crippen LogP) is 4.48. The molecule has 0 aliphatic carbocycles. The maximum absolute atomic E-state index is 13.7. The average Bonchev–Trinajstić information content (AvgIpc) is 3.45. The number of anilines is 1. The topological polar surface area (TPSA) is 76.6 Å². The SMILES string of the molecule is CCc1ccc2nc(N(CC3CCCO3)C(=O)c3ccccc3S(=O)(=O)CC)sc2c1. The van der Waals surface area contributed by atoms with Gasteiger partial charge in [-0.05, 0) is 49.1 Å². The minimum Gasteiger partial charge on any atom is -0.376 e. The number of hydrogen-bond donors (Lipinski definition) is 0. The van der Waals surface area contributed by atoms with Crippen molar-refractivity contribution in [2.45, 2.75) is 44.1 Å². The van der Waals surface area contributed by atoms with Gasteiger partial charge in [-0.3, -0.25) is 9.69 Å². The van der Waals surface area contributed by atoms with E-state index in [-0.39, 0.29) is 28.2 Å². The predicted molar refractivity (Wildman–Crippen MR) is 124 cm³/mol. The summed E-state index contributed by atoms with van der Waals surface area (Å²) in [4.78, 5) is 20.1.